The minimum Gasteiger partial charge on any atom is -0.459 e. The second-order valence-corrected chi connectivity index (χ2v) is 6.69. The molecular formula is C18H23NO5. The number of aliphatic hydroxyl groups is 1. The van der Waals surface area contributed by atoms with Crippen LogP contribution in [-0.4, -0.2) is 59.4 Å². The highest BCUT2D eigenvalue weighted by Gasteiger charge is 2.44. The zero-order chi connectivity index (χ0) is 17.5. The van der Waals surface area contributed by atoms with Gasteiger partial charge in [-0.3, -0.25) is 4.90 Å². The van der Waals surface area contributed by atoms with Crippen molar-refractivity contribution >= 4 is 11.9 Å². The number of hydrogen-bond acceptors (Lipinski definition) is 6. The van der Waals surface area contributed by atoms with Crippen molar-refractivity contribution in [2.24, 2.45) is 0 Å². The second-order valence-electron chi connectivity index (χ2n) is 6.69. The number of carbonyl (C=O) groups is 2. The Morgan fingerprint density at radius 1 is 1.46 bits per heavy atom. The summed E-state index contributed by atoms with van der Waals surface area (Å²) in [5, 5.41) is 10.5. The first-order chi connectivity index (χ1) is 11.3. The zero-order valence-corrected chi connectivity index (χ0v) is 14.1. The number of carbonyl (C=O) groups excluding carboxylic acids is 2. The number of esters is 2. The number of hydrogen-bond donors (Lipinski definition) is 1. The van der Waals surface area contributed by atoms with E-state index in [9.17, 15) is 14.7 Å². The summed E-state index contributed by atoms with van der Waals surface area (Å²) < 4.78 is 11.1. The van der Waals surface area contributed by atoms with Gasteiger partial charge in [-0.2, -0.15) is 0 Å². The van der Waals surface area contributed by atoms with Crippen molar-refractivity contribution in [2.45, 2.75) is 44.4 Å². The fourth-order valence-electron chi connectivity index (χ4n) is 3.47. The third-order valence-electron chi connectivity index (χ3n) is 5.14. The Kier molecular flexibility index (Phi) is 4.36. The van der Waals surface area contributed by atoms with E-state index >= 15 is 0 Å². The fraction of sp³-hybridized carbons (Fsp3) is 0.556. The second kappa shape index (κ2) is 6.18. The van der Waals surface area contributed by atoms with Crippen LogP contribution in [0.15, 0.2) is 35.5 Å². The van der Waals surface area contributed by atoms with Crippen LogP contribution in [0.25, 0.3) is 0 Å². The van der Waals surface area contributed by atoms with Crippen LogP contribution in [0.1, 0.15) is 26.7 Å². The van der Waals surface area contributed by atoms with Gasteiger partial charge >= 0.3 is 11.9 Å². The molecule has 0 saturated carbocycles. The van der Waals surface area contributed by atoms with E-state index < -0.39 is 17.5 Å². The van der Waals surface area contributed by atoms with Gasteiger partial charge in [-0.15, -0.1) is 0 Å². The molecule has 3 heterocycles. The molecule has 2 saturated heterocycles. The quantitative estimate of drug-likeness (QED) is 0.407. The average molecular weight is 333 g/mol. The van der Waals surface area contributed by atoms with Crippen molar-refractivity contribution in [3.05, 3.63) is 35.5 Å². The van der Waals surface area contributed by atoms with Crippen LogP contribution in [0.3, 0.4) is 0 Å². The summed E-state index contributed by atoms with van der Waals surface area (Å²) in [5.41, 5.74) is -0.330. The Labute approximate surface area is 141 Å². The zero-order valence-electron chi connectivity index (χ0n) is 14.1. The highest BCUT2D eigenvalue weighted by molar-refractivity contribution is 5.90. The molecule has 0 bridgehead atoms. The van der Waals surface area contributed by atoms with Crippen LogP contribution in [0, 0.1) is 0 Å². The number of nitrogens with zero attached hydrogens (tertiary/aromatic N) is 1. The fourth-order valence-corrected chi connectivity index (χ4v) is 3.47. The Hall–Kier alpha value is -1.92. The smallest absolute Gasteiger partial charge is 0.342 e. The molecule has 6 nitrogen and oxygen atoms in total. The summed E-state index contributed by atoms with van der Waals surface area (Å²) in [4.78, 5) is 27.0. The SMILES string of the molecule is C=C1C/C(=C\C)C(=O)O[C@@H]2CCN3CC=C(COC(=O)[C@@]1(C)O)[C@H]23. The summed E-state index contributed by atoms with van der Waals surface area (Å²) in [6.45, 7) is 8.53. The minimum absolute atomic E-state index is 0.0487. The lowest BCUT2D eigenvalue weighted by Crippen LogP contribution is -2.42. The number of rotatable bonds is 0. The molecule has 0 radical (unpaired) electrons. The van der Waals surface area contributed by atoms with Crippen LogP contribution < -0.4 is 0 Å². The van der Waals surface area contributed by atoms with Gasteiger partial charge in [-0.25, -0.2) is 9.59 Å². The van der Waals surface area contributed by atoms with E-state index in [-0.39, 0.29) is 30.7 Å². The van der Waals surface area contributed by atoms with E-state index in [0.29, 0.717) is 5.57 Å². The van der Waals surface area contributed by atoms with Gasteiger partial charge in [0.2, 0.25) is 0 Å². The van der Waals surface area contributed by atoms with Crippen molar-refractivity contribution < 1.29 is 24.2 Å². The summed E-state index contributed by atoms with van der Waals surface area (Å²) in [5.74, 6) is -1.16. The lowest BCUT2D eigenvalue weighted by atomic mass is 9.91. The van der Waals surface area contributed by atoms with Crippen molar-refractivity contribution in [3.8, 4) is 0 Å². The van der Waals surface area contributed by atoms with Gasteiger partial charge in [0.1, 0.15) is 12.7 Å². The van der Waals surface area contributed by atoms with Gasteiger partial charge in [0, 0.05) is 25.1 Å². The molecule has 0 unspecified atom stereocenters. The van der Waals surface area contributed by atoms with Gasteiger partial charge in [-0.05, 0) is 31.4 Å². The van der Waals surface area contributed by atoms with E-state index in [1.165, 1.54) is 6.92 Å². The predicted molar refractivity (Wildman–Crippen MR) is 87.0 cm³/mol. The van der Waals surface area contributed by atoms with Gasteiger partial charge < -0.3 is 14.6 Å². The van der Waals surface area contributed by atoms with Gasteiger partial charge in [0.15, 0.2) is 5.60 Å². The topological polar surface area (TPSA) is 76.1 Å². The third-order valence-corrected chi connectivity index (χ3v) is 5.14. The standard InChI is InChI=1S/C18H23NO5/c1-4-12-9-11(2)18(3,22)17(21)23-10-13-5-7-19-8-6-14(15(13)19)24-16(12)20/h4-5,14-15,22H,2,6-10H2,1,3H3/b12-4+/t14-,15-,18+/m1/s1. The first-order valence-electron chi connectivity index (χ1n) is 8.21. The molecule has 0 aliphatic carbocycles. The van der Waals surface area contributed by atoms with E-state index in [0.717, 1.165) is 25.1 Å². The van der Waals surface area contributed by atoms with E-state index in [4.69, 9.17) is 9.47 Å². The van der Waals surface area contributed by atoms with Crippen molar-refractivity contribution in [1.82, 2.24) is 4.90 Å². The summed E-state index contributed by atoms with van der Waals surface area (Å²) >= 11 is 0. The van der Waals surface area contributed by atoms with Crippen LogP contribution >= 0.6 is 0 Å². The molecule has 0 aromatic heterocycles. The lowest BCUT2D eigenvalue weighted by Gasteiger charge is -2.28. The van der Waals surface area contributed by atoms with E-state index in [2.05, 4.69) is 11.5 Å². The number of cyclic esters (lactones) is 1. The number of allylic oxidation sites excluding steroid dienone is 1. The lowest BCUT2D eigenvalue weighted by molar-refractivity contribution is -0.160. The molecule has 6 heteroatoms. The Bertz CT molecular complexity index is 646. The molecule has 130 valence electrons. The maximum Gasteiger partial charge on any atom is 0.342 e. The first-order valence-corrected chi connectivity index (χ1v) is 8.21. The molecule has 3 rings (SSSR count). The Morgan fingerprint density at radius 3 is 2.92 bits per heavy atom. The van der Waals surface area contributed by atoms with Crippen LogP contribution in [0.2, 0.25) is 0 Å². The molecule has 3 aliphatic rings. The highest BCUT2D eigenvalue weighted by atomic mass is 16.6. The van der Waals surface area contributed by atoms with Gasteiger partial charge in [0.25, 0.3) is 0 Å². The molecular weight excluding hydrogens is 310 g/mol. The van der Waals surface area contributed by atoms with Crippen molar-refractivity contribution in [3.63, 3.8) is 0 Å². The molecule has 24 heavy (non-hydrogen) atoms. The summed E-state index contributed by atoms with van der Waals surface area (Å²) in [6.07, 6.45) is 4.23. The molecule has 3 atom stereocenters. The normalized spacial score (nSPS) is 36.5. The highest BCUT2D eigenvalue weighted by Crippen LogP contribution is 2.33. The average Bonchev–Trinajstić information content (AvgIpc) is 3.12. The molecule has 0 aromatic carbocycles. The molecule has 2 fully saturated rings. The molecule has 0 aromatic rings. The summed E-state index contributed by atoms with van der Waals surface area (Å²) in [6, 6.07) is -0.0487. The maximum absolute atomic E-state index is 12.5. The molecule has 1 N–H and O–H groups in total. The van der Waals surface area contributed by atoms with Crippen LogP contribution in [-0.2, 0) is 19.1 Å². The first kappa shape index (κ1) is 16.9. The molecule has 0 amide bonds. The predicted octanol–water partition coefficient (Wildman–Crippen LogP) is 1.11. The molecule has 3 aliphatic heterocycles. The van der Waals surface area contributed by atoms with E-state index in [1.54, 1.807) is 13.0 Å². The van der Waals surface area contributed by atoms with Gasteiger partial charge in [-0.1, -0.05) is 18.7 Å². The number of ether oxygens (including phenoxy) is 2. The monoisotopic (exact) mass is 333 g/mol. The Morgan fingerprint density at radius 2 is 2.21 bits per heavy atom. The van der Waals surface area contributed by atoms with Gasteiger partial charge in [0.05, 0.1) is 6.04 Å². The third kappa shape index (κ3) is 2.80. The van der Waals surface area contributed by atoms with E-state index in [1.807, 2.05) is 6.08 Å². The maximum atomic E-state index is 12.5. The van der Waals surface area contributed by atoms with Crippen molar-refractivity contribution in [2.75, 3.05) is 19.7 Å². The van der Waals surface area contributed by atoms with Crippen molar-refractivity contribution in [1.29, 1.82) is 0 Å². The Balaban J connectivity index is 1.92. The van der Waals surface area contributed by atoms with Crippen LogP contribution in [0.4, 0.5) is 0 Å². The van der Waals surface area contributed by atoms with Crippen LogP contribution in [0.5, 0.6) is 0 Å². The molecule has 0 spiro atoms. The minimum atomic E-state index is -1.85. The largest absolute Gasteiger partial charge is 0.459 e. The summed E-state index contributed by atoms with van der Waals surface area (Å²) in [7, 11) is 0.